The average Bonchev–Trinajstić information content (AvgIpc) is 2.66. The van der Waals surface area contributed by atoms with Crippen LogP contribution in [0.2, 0.25) is 20.5 Å². The molecular formula is C11H3Cl4F3N2O. The Morgan fingerprint density at radius 1 is 1.10 bits per heavy atom. The van der Waals surface area contributed by atoms with Crippen LogP contribution in [0.5, 0.6) is 0 Å². The van der Waals surface area contributed by atoms with Gasteiger partial charge in [0.1, 0.15) is 10.8 Å². The number of rotatable bonds is 2. The SMILES string of the molecule is O=C(c1nc(Cl)[nH]c1Cl)c1c(Cl)cc(C(F)(F)F)cc1Cl. The van der Waals surface area contributed by atoms with E-state index in [1.54, 1.807) is 0 Å². The second-order valence-corrected chi connectivity index (χ2v) is 5.38. The van der Waals surface area contributed by atoms with Gasteiger partial charge in [0.15, 0.2) is 0 Å². The molecule has 0 saturated heterocycles. The first kappa shape index (κ1) is 16.4. The summed E-state index contributed by atoms with van der Waals surface area (Å²) in [6.45, 7) is 0. The Kier molecular flexibility index (Phi) is 4.44. The maximum Gasteiger partial charge on any atom is 0.416 e. The Morgan fingerprint density at radius 2 is 1.62 bits per heavy atom. The van der Waals surface area contributed by atoms with E-state index >= 15 is 0 Å². The number of nitrogens with zero attached hydrogens (tertiary/aromatic N) is 1. The van der Waals surface area contributed by atoms with Crippen molar-refractivity contribution in [1.82, 2.24) is 9.97 Å². The number of aromatic nitrogens is 2. The van der Waals surface area contributed by atoms with E-state index < -0.39 is 27.6 Å². The molecule has 0 unspecified atom stereocenters. The molecular weight excluding hydrogens is 375 g/mol. The summed E-state index contributed by atoms with van der Waals surface area (Å²) in [6.07, 6.45) is -4.64. The van der Waals surface area contributed by atoms with E-state index in [2.05, 4.69) is 9.97 Å². The molecule has 1 N–H and O–H groups in total. The lowest BCUT2D eigenvalue weighted by Gasteiger charge is -2.11. The van der Waals surface area contributed by atoms with Crippen LogP contribution in [0.25, 0.3) is 0 Å². The monoisotopic (exact) mass is 376 g/mol. The minimum Gasteiger partial charge on any atom is -0.319 e. The average molecular weight is 378 g/mol. The van der Waals surface area contributed by atoms with E-state index in [-0.39, 0.29) is 21.7 Å². The standard InChI is InChI=1S/C11H3Cl4F3N2O/c12-4-1-3(11(16,17)18)2-5(13)6(4)8(21)7-9(14)20-10(15)19-7/h1-2H,(H,19,20). The van der Waals surface area contributed by atoms with Crippen LogP contribution in [0, 0.1) is 0 Å². The van der Waals surface area contributed by atoms with Gasteiger partial charge in [-0.1, -0.05) is 34.8 Å². The number of hydrogen-bond donors (Lipinski definition) is 1. The molecule has 3 nitrogen and oxygen atoms in total. The summed E-state index contributed by atoms with van der Waals surface area (Å²) >= 11 is 22.7. The van der Waals surface area contributed by atoms with Gasteiger partial charge >= 0.3 is 6.18 Å². The minimum atomic E-state index is -4.64. The quantitative estimate of drug-likeness (QED) is 0.724. The van der Waals surface area contributed by atoms with Crippen LogP contribution in [0.3, 0.4) is 0 Å². The van der Waals surface area contributed by atoms with Crippen LogP contribution in [0.1, 0.15) is 21.6 Å². The molecule has 0 bridgehead atoms. The summed E-state index contributed by atoms with van der Waals surface area (Å²) in [5.74, 6) is -0.841. The van der Waals surface area contributed by atoms with E-state index in [1.807, 2.05) is 0 Å². The molecule has 2 rings (SSSR count). The van der Waals surface area contributed by atoms with Crippen molar-refractivity contribution in [2.24, 2.45) is 0 Å². The summed E-state index contributed by atoms with van der Waals surface area (Å²) in [5, 5.41) is -1.25. The minimum absolute atomic E-state index is 0.150. The lowest BCUT2D eigenvalue weighted by atomic mass is 10.1. The maximum atomic E-state index is 12.6. The Bertz CT molecular complexity index is 704. The number of nitrogens with one attached hydrogen (secondary N) is 1. The van der Waals surface area contributed by atoms with E-state index in [9.17, 15) is 18.0 Å². The van der Waals surface area contributed by atoms with E-state index in [0.717, 1.165) is 0 Å². The van der Waals surface area contributed by atoms with E-state index in [1.165, 1.54) is 0 Å². The van der Waals surface area contributed by atoms with Gasteiger partial charge in [-0.15, -0.1) is 0 Å². The molecule has 0 fully saturated rings. The summed E-state index contributed by atoms with van der Waals surface area (Å²) < 4.78 is 37.8. The molecule has 1 aromatic heterocycles. The van der Waals surface area contributed by atoms with Crippen molar-refractivity contribution >= 4 is 52.2 Å². The second kappa shape index (κ2) is 5.68. The van der Waals surface area contributed by atoms with Gasteiger partial charge in [0.2, 0.25) is 11.1 Å². The number of imidazole rings is 1. The molecule has 10 heteroatoms. The van der Waals surface area contributed by atoms with Crippen molar-refractivity contribution in [3.63, 3.8) is 0 Å². The Morgan fingerprint density at radius 3 is 2.00 bits per heavy atom. The summed E-state index contributed by atoms with van der Waals surface area (Å²) in [5.41, 5.74) is -1.69. The van der Waals surface area contributed by atoms with Crippen molar-refractivity contribution in [2.45, 2.75) is 6.18 Å². The van der Waals surface area contributed by atoms with E-state index in [0.29, 0.717) is 12.1 Å². The molecule has 0 aliphatic carbocycles. The van der Waals surface area contributed by atoms with Crippen molar-refractivity contribution in [1.29, 1.82) is 0 Å². The molecule has 2 aromatic rings. The third kappa shape index (κ3) is 3.29. The summed E-state index contributed by atoms with van der Waals surface area (Å²) in [7, 11) is 0. The Labute approximate surface area is 136 Å². The van der Waals surface area contributed by atoms with Gasteiger partial charge in [-0.3, -0.25) is 4.79 Å². The number of carbonyl (C=O) groups excluding carboxylic acids is 1. The molecule has 0 atom stereocenters. The van der Waals surface area contributed by atoms with Crippen molar-refractivity contribution in [3.8, 4) is 0 Å². The predicted molar refractivity (Wildman–Crippen MR) is 73.5 cm³/mol. The van der Waals surface area contributed by atoms with Crippen LogP contribution in [-0.4, -0.2) is 15.8 Å². The number of H-pyrrole nitrogens is 1. The molecule has 21 heavy (non-hydrogen) atoms. The van der Waals surface area contributed by atoms with Crippen LogP contribution in [-0.2, 0) is 6.18 Å². The van der Waals surface area contributed by atoms with Crippen LogP contribution in [0.4, 0.5) is 13.2 Å². The number of halogens is 7. The lowest BCUT2D eigenvalue weighted by Crippen LogP contribution is -2.09. The fourth-order valence-electron chi connectivity index (χ4n) is 1.55. The van der Waals surface area contributed by atoms with Gasteiger partial charge in [-0.2, -0.15) is 13.2 Å². The summed E-state index contributed by atoms with van der Waals surface area (Å²) in [6, 6.07) is 1.20. The topological polar surface area (TPSA) is 45.8 Å². The van der Waals surface area contributed by atoms with Gasteiger partial charge in [0, 0.05) is 0 Å². The number of alkyl halides is 3. The molecule has 0 amide bonds. The molecule has 0 spiro atoms. The molecule has 1 aromatic carbocycles. The van der Waals surface area contributed by atoms with E-state index in [4.69, 9.17) is 46.4 Å². The van der Waals surface area contributed by atoms with Crippen LogP contribution < -0.4 is 0 Å². The normalized spacial score (nSPS) is 11.8. The number of hydrogen-bond acceptors (Lipinski definition) is 2. The molecule has 112 valence electrons. The van der Waals surface area contributed by atoms with Crippen molar-refractivity contribution in [3.05, 3.63) is 49.4 Å². The van der Waals surface area contributed by atoms with Crippen LogP contribution in [0.15, 0.2) is 12.1 Å². The van der Waals surface area contributed by atoms with Gasteiger partial charge in [-0.05, 0) is 23.7 Å². The molecule has 0 aliphatic rings. The largest absolute Gasteiger partial charge is 0.416 e. The predicted octanol–water partition coefficient (Wildman–Crippen LogP) is 5.27. The lowest BCUT2D eigenvalue weighted by molar-refractivity contribution is -0.137. The van der Waals surface area contributed by atoms with Gasteiger partial charge in [-0.25, -0.2) is 4.98 Å². The molecule has 0 saturated carbocycles. The molecule has 0 radical (unpaired) electrons. The summed E-state index contributed by atoms with van der Waals surface area (Å²) in [4.78, 5) is 18.2. The Balaban J connectivity index is 2.55. The van der Waals surface area contributed by atoms with Crippen molar-refractivity contribution < 1.29 is 18.0 Å². The third-order valence-electron chi connectivity index (χ3n) is 2.44. The zero-order valence-corrected chi connectivity index (χ0v) is 12.7. The van der Waals surface area contributed by atoms with Crippen LogP contribution >= 0.6 is 46.4 Å². The maximum absolute atomic E-state index is 12.6. The highest BCUT2D eigenvalue weighted by Gasteiger charge is 2.33. The Hall–Kier alpha value is -0.950. The third-order valence-corrected chi connectivity index (χ3v) is 3.49. The highest BCUT2D eigenvalue weighted by Crippen LogP contribution is 2.37. The fraction of sp³-hybridized carbons (Fsp3) is 0.0909. The smallest absolute Gasteiger partial charge is 0.319 e. The number of benzene rings is 1. The van der Waals surface area contributed by atoms with Crippen molar-refractivity contribution in [2.75, 3.05) is 0 Å². The zero-order chi connectivity index (χ0) is 15.9. The number of ketones is 1. The number of carbonyl (C=O) groups is 1. The van der Waals surface area contributed by atoms with Gasteiger partial charge in [0.05, 0.1) is 21.2 Å². The highest BCUT2D eigenvalue weighted by atomic mass is 35.5. The first-order valence-corrected chi connectivity index (χ1v) is 6.64. The second-order valence-electron chi connectivity index (χ2n) is 3.83. The van der Waals surface area contributed by atoms with Gasteiger partial charge in [0.25, 0.3) is 0 Å². The van der Waals surface area contributed by atoms with Gasteiger partial charge < -0.3 is 4.98 Å². The number of aromatic amines is 1. The molecule has 1 heterocycles. The fourth-order valence-corrected chi connectivity index (χ4v) is 2.65. The highest BCUT2D eigenvalue weighted by molar-refractivity contribution is 6.42. The first-order chi connectivity index (χ1) is 9.61. The zero-order valence-electron chi connectivity index (χ0n) is 9.66. The first-order valence-electron chi connectivity index (χ1n) is 5.13. The molecule has 0 aliphatic heterocycles.